The number of aryl methyl sites for hydroxylation is 1. The first-order chi connectivity index (χ1) is 17.9. The molecule has 7 nitrogen and oxygen atoms in total. The van der Waals surface area contributed by atoms with Gasteiger partial charge in [-0.05, 0) is 56.7 Å². The van der Waals surface area contributed by atoms with Crippen molar-refractivity contribution in [2.45, 2.75) is 103 Å². The van der Waals surface area contributed by atoms with Crippen LogP contribution in [0.25, 0.3) is 10.2 Å². The minimum Gasteiger partial charge on any atom is -0.392 e. The van der Waals surface area contributed by atoms with Crippen molar-refractivity contribution >= 4 is 33.2 Å². The van der Waals surface area contributed by atoms with Gasteiger partial charge in [0.15, 0.2) is 0 Å². The van der Waals surface area contributed by atoms with Crippen LogP contribution in [0.3, 0.4) is 0 Å². The van der Waals surface area contributed by atoms with Crippen LogP contribution in [0.1, 0.15) is 82.8 Å². The zero-order chi connectivity index (χ0) is 27.8. The number of ketones is 1. The van der Waals surface area contributed by atoms with E-state index in [4.69, 9.17) is 4.74 Å². The molecule has 0 radical (unpaired) electrons. The van der Waals surface area contributed by atoms with Crippen molar-refractivity contribution in [3.05, 3.63) is 41.4 Å². The summed E-state index contributed by atoms with van der Waals surface area (Å²) in [5.41, 5.74) is 0.346. The molecule has 0 aliphatic carbocycles. The van der Waals surface area contributed by atoms with E-state index in [9.17, 15) is 19.8 Å². The minimum absolute atomic E-state index is 0.00902. The molecule has 2 aliphatic rings. The Balaban J connectivity index is 1.63. The highest BCUT2D eigenvalue weighted by atomic mass is 32.1. The fourth-order valence-electron chi connectivity index (χ4n) is 5.83. The summed E-state index contributed by atoms with van der Waals surface area (Å²) in [6.45, 7) is 13.1. The first kappa shape index (κ1) is 28.9. The van der Waals surface area contributed by atoms with Gasteiger partial charge in [0.25, 0.3) is 0 Å². The van der Waals surface area contributed by atoms with Gasteiger partial charge in [-0.25, -0.2) is 4.98 Å². The number of nitrogens with one attached hydrogen (secondary N) is 1. The normalized spacial score (nSPS) is 34.9. The smallest absolute Gasteiger partial charge is 0.223 e. The quantitative estimate of drug-likeness (QED) is 0.371. The van der Waals surface area contributed by atoms with Crippen molar-refractivity contribution in [1.82, 2.24) is 10.3 Å². The number of hydrogen-bond acceptors (Lipinski definition) is 7. The van der Waals surface area contributed by atoms with Crippen LogP contribution in [-0.2, 0) is 14.3 Å². The zero-order valence-corrected chi connectivity index (χ0v) is 24.0. The van der Waals surface area contributed by atoms with Crippen molar-refractivity contribution in [2.24, 2.45) is 17.3 Å². The number of epoxide rings is 1. The van der Waals surface area contributed by atoms with Crippen molar-refractivity contribution in [2.75, 3.05) is 0 Å². The van der Waals surface area contributed by atoms with E-state index in [1.54, 1.807) is 31.3 Å². The first-order valence-electron chi connectivity index (χ1n) is 13.7. The predicted octanol–water partition coefficient (Wildman–Crippen LogP) is 5.03. The van der Waals surface area contributed by atoms with Crippen LogP contribution in [-0.4, -0.2) is 50.8 Å². The second-order valence-corrected chi connectivity index (χ2v) is 13.3. The molecule has 2 saturated heterocycles. The standard InChI is InChI=1S/C30H42N2O5S/c1-7-9-20-27(35)17(2)10-8-13-30(6)25(37-30)15-21(19-11-12-23-22(14-19)31-18(3)38-23)32-26(34)16-24(33)29(4,5)28(20)36/h7,11-12,14,17,20-21,24-25,27,33,35H,1,8-10,13,15-16H2,2-6H3,(H,32,34)/t17-,20-,21+,24+,25-,27-,30-/m1/s1. The number of carbonyl (C=O) groups is 2. The van der Waals surface area contributed by atoms with Gasteiger partial charge in [-0.3, -0.25) is 9.59 Å². The molecule has 3 N–H and O–H groups in total. The second kappa shape index (κ2) is 11.2. The van der Waals surface area contributed by atoms with E-state index in [1.165, 1.54) is 0 Å². The molecule has 0 spiro atoms. The van der Waals surface area contributed by atoms with E-state index >= 15 is 0 Å². The summed E-state index contributed by atoms with van der Waals surface area (Å²) in [6, 6.07) is 5.77. The molecule has 7 atom stereocenters. The number of fused-ring (bicyclic) bond motifs is 2. The number of hydrogen-bond donors (Lipinski definition) is 3. The van der Waals surface area contributed by atoms with Crippen LogP contribution in [0.15, 0.2) is 30.9 Å². The molecule has 2 fully saturated rings. The van der Waals surface area contributed by atoms with Crippen LogP contribution in [0.4, 0.5) is 0 Å². The number of amides is 1. The Labute approximate surface area is 229 Å². The highest BCUT2D eigenvalue weighted by Gasteiger charge is 2.52. The number of aliphatic hydroxyl groups excluding tert-OH is 2. The predicted molar refractivity (Wildman–Crippen MR) is 150 cm³/mol. The number of Topliss-reactive ketones (excluding diaryl/α,β-unsaturated/α-hetero) is 1. The number of carbonyl (C=O) groups excluding carboxylic acids is 2. The number of thiazole rings is 1. The third kappa shape index (κ3) is 6.03. The molecule has 8 heteroatoms. The lowest BCUT2D eigenvalue weighted by atomic mass is 9.71. The van der Waals surface area contributed by atoms with E-state index < -0.39 is 23.5 Å². The van der Waals surface area contributed by atoms with Crippen molar-refractivity contribution in [3.8, 4) is 0 Å². The molecule has 1 amide bonds. The van der Waals surface area contributed by atoms with E-state index in [1.807, 2.05) is 32.0 Å². The summed E-state index contributed by atoms with van der Waals surface area (Å²) in [4.78, 5) is 31.5. The average molecular weight is 543 g/mol. The van der Waals surface area contributed by atoms with Gasteiger partial charge in [0.1, 0.15) is 5.78 Å². The summed E-state index contributed by atoms with van der Waals surface area (Å²) in [6.07, 6.45) is 2.73. The van der Waals surface area contributed by atoms with Crippen LogP contribution in [0.2, 0.25) is 0 Å². The van der Waals surface area contributed by atoms with Gasteiger partial charge in [-0.1, -0.05) is 39.3 Å². The van der Waals surface area contributed by atoms with Gasteiger partial charge in [0, 0.05) is 12.3 Å². The lowest BCUT2D eigenvalue weighted by Gasteiger charge is -2.36. The first-order valence-corrected chi connectivity index (χ1v) is 14.5. The highest BCUT2D eigenvalue weighted by molar-refractivity contribution is 7.18. The Hall–Kier alpha value is -2.13. The monoisotopic (exact) mass is 542 g/mol. The summed E-state index contributed by atoms with van der Waals surface area (Å²) >= 11 is 1.63. The fraction of sp³-hybridized carbons (Fsp3) is 0.633. The average Bonchev–Trinajstić information content (AvgIpc) is 3.32. The number of nitrogens with zero attached hydrogens (tertiary/aromatic N) is 1. The minimum atomic E-state index is -1.21. The lowest BCUT2D eigenvalue weighted by molar-refractivity contribution is -0.144. The van der Waals surface area contributed by atoms with Gasteiger partial charge in [-0.2, -0.15) is 0 Å². The molecule has 1 aromatic carbocycles. The summed E-state index contributed by atoms with van der Waals surface area (Å²) in [5, 5.41) is 26.3. The molecule has 3 heterocycles. The van der Waals surface area contributed by atoms with Gasteiger partial charge >= 0.3 is 0 Å². The number of aliphatic hydroxyl groups is 2. The van der Waals surface area contributed by atoms with E-state index in [0.29, 0.717) is 12.8 Å². The lowest BCUT2D eigenvalue weighted by Crippen LogP contribution is -2.47. The van der Waals surface area contributed by atoms with E-state index in [0.717, 1.165) is 40.1 Å². The van der Waals surface area contributed by atoms with E-state index in [-0.39, 0.29) is 41.8 Å². The zero-order valence-electron chi connectivity index (χ0n) is 23.2. The molecule has 208 valence electrons. The fourth-order valence-corrected chi connectivity index (χ4v) is 6.63. The van der Waals surface area contributed by atoms with Crippen LogP contribution in [0.5, 0.6) is 0 Å². The molecule has 4 rings (SSSR count). The van der Waals surface area contributed by atoms with Crippen molar-refractivity contribution in [3.63, 3.8) is 0 Å². The molecular formula is C30H42N2O5S. The Morgan fingerprint density at radius 3 is 2.71 bits per heavy atom. The maximum absolute atomic E-state index is 13.6. The van der Waals surface area contributed by atoms with Gasteiger partial charge in [-0.15, -0.1) is 17.9 Å². The SMILES string of the molecule is C=CC[C@H]1C(=O)C(C)(C)[C@@H](O)CC(=O)N[C@H](c2ccc3sc(C)nc3c2)C[C@H]2O[C@]2(C)CCC[C@@H](C)[C@H]1O. The van der Waals surface area contributed by atoms with Gasteiger partial charge < -0.3 is 20.3 Å². The number of rotatable bonds is 3. The number of benzene rings is 1. The number of allylic oxidation sites excluding steroid dienone is 1. The summed E-state index contributed by atoms with van der Waals surface area (Å²) < 4.78 is 7.25. The third-order valence-corrected chi connectivity index (χ3v) is 9.63. The molecule has 2 aliphatic heterocycles. The second-order valence-electron chi connectivity index (χ2n) is 12.0. The van der Waals surface area contributed by atoms with Crippen molar-refractivity contribution < 1.29 is 24.5 Å². The molecule has 1 aromatic heterocycles. The number of ether oxygens (including phenoxy) is 1. The van der Waals surface area contributed by atoms with Crippen LogP contribution >= 0.6 is 11.3 Å². The Kier molecular flexibility index (Phi) is 8.48. The molecule has 0 saturated carbocycles. The number of aromatic nitrogens is 1. The van der Waals surface area contributed by atoms with Gasteiger partial charge in [0.05, 0.1) is 57.0 Å². The third-order valence-electron chi connectivity index (χ3n) is 8.67. The van der Waals surface area contributed by atoms with Crippen molar-refractivity contribution in [1.29, 1.82) is 0 Å². The van der Waals surface area contributed by atoms with Crippen LogP contribution in [0, 0.1) is 24.2 Å². The van der Waals surface area contributed by atoms with Crippen LogP contribution < -0.4 is 5.32 Å². The molecule has 0 bridgehead atoms. The Morgan fingerprint density at radius 1 is 1.26 bits per heavy atom. The maximum atomic E-state index is 13.6. The molecule has 38 heavy (non-hydrogen) atoms. The Bertz CT molecular complexity index is 1190. The summed E-state index contributed by atoms with van der Waals surface area (Å²) in [5.74, 6) is -1.37. The highest BCUT2D eigenvalue weighted by Crippen LogP contribution is 2.46. The maximum Gasteiger partial charge on any atom is 0.223 e. The van der Waals surface area contributed by atoms with E-state index in [2.05, 4.69) is 23.8 Å². The molecule has 0 unspecified atom stereocenters. The molecular weight excluding hydrogens is 500 g/mol. The largest absolute Gasteiger partial charge is 0.392 e. The van der Waals surface area contributed by atoms with Gasteiger partial charge in [0.2, 0.25) is 5.91 Å². The summed E-state index contributed by atoms with van der Waals surface area (Å²) in [7, 11) is 0. The topological polar surface area (TPSA) is 112 Å². The molecule has 2 aromatic rings. The Morgan fingerprint density at radius 2 is 2.00 bits per heavy atom.